The van der Waals surface area contributed by atoms with Crippen LogP contribution in [0.5, 0.6) is 0 Å². The van der Waals surface area contributed by atoms with Crippen LogP contribution in [0, 0.1) is 0 Å². The third-order valence-electron chi connectivity index (χ3n) is 7.94. The van der Waals surface area contributed by atoms with E-state index in [1.54, 1.807) is 4.90 Å². The molecule has 39 heavy (non-hydrogen) atoms. The molecule has 2 heterocycles. The summed E-state index contributed by atoms with van der Waals surface area (Å²) in [5, 5.41) is 0. The molecule has 2 atom stereocenters. The van der Waals surface area contributed by atoms with Crippen molar-refractivity contribution in [1.29, 1.82) is 0 Å². The van der Waals surface area contributed by atoms with Gasteiger partial charge in [0.25, 0.3) is 0 Å². The van der Waals surface area contributed by atoms with Gasteiger partial charge in [-0.05, 0) is 78.6 Å². The highest BCUT2D eigenvalue weighted by molar-refractivity contribution is 5.86. The third-order valence-corrected chi connectivity index (χ3v) is 7.94. The van der Waals surface area contributed by atoms with E-state index in [0.717, 1.165) is 45.3 Å². The zero-order chi connectivity index (χ0) is 28.3. The average Bonchev–Trinajstić information content (AvgIpc) is 3.57. The second kappa shape index (κ2) is 19.5. The highest BCUT2D eigenvalue weighted by Crippen LogP contribution is 2.26. The molecule has 2 rings (SSSR count). The highest BCUT2D eigenvalue weighted by Gasteiger charge is 2.41. The summed E-state index contributed by atoms with van der Waals surface area (Å²) in [4.78, 5) is 29.6. The molecule has 0 saturated carbocycles. The lowest BCUT2D eigenvalue weighted by atomic mass is 10.1. The molecule has 0 aromatic heterocycles. The van der Waals surface area contributed by atoms with Crippen LogP contribution in [-0.2, 0) is 14.3 Å². The van der Waals surface area contributed by atoms with Crippen molar-refractivity contribution in [3.63, 3.8) is 0 Å². The van der Waals surface area contributed by atoms with Gasteiger partial charge in [-0.2, -0.15) is 0 Å². The van der Waals surface area contributed by atoms with Crippen LogP contribution in [0.4, 0.5) is 4.79 Å². The molecule has 0 radical (unpaired) electrons. The number of nitrogens with zero attached hydrogens (tertiary/aromatic N) is 2. The van der Waals surface area contributed by atoms with Gasteiger partial charge in [-0.3, -0.25) is 9.69 Å². The number of carbonyl (C=O) groups excluding carboxylic acids is 2. The summed E-state index contributed by atoms with van der Waals surface area (Å²) in [5.41, 5.74) is -0.554. The quantitative estimate of drug-likeness (QED) is 0.120. The summed E-state index contributed by atoms with van der Waals surface area (Å²) in [5.74, 6) is 0.0710. The molecule has 0 aliphatic carbocycles. The van der Waals surface area contributed by atoms with Gasteiger partial charge >= 0.3 is 6.09 Å². The molecule has 2 aliphatic heterocycles. The SMILES string of the molecule is CCCCCCCC/C=C\CCCCCCCCOC[C@@H]1CCCN1C(=O)[C@@H]1CCCN1C(=O)OC(C)(C)C. The van der Waals surface area contributed by atoms with E-state index >= 15 is 0 Å². The number of rotatable bonds is 19. The maximum absolute atomic E-state index is 13.3. The van der Waals surface area contributed by atoms with Gasteiger partial charge < -0.3 is 14.4 Å². The van der Waals surface area contributed by atoms with Crippen molar-refractivity contribution in [3.05, 3.63) is 12.2 Å². The second-order valence-electron chi connectivity index (χ2n) is 12.7. The van der Waals surface area contributed by atoms with E-state index in [1.165, 1.54) is 83.5 Å². The third kappa shape index (κ3) is 14.1. The van der Waals surface area contributed by atoms with Crippen LogP contribution in [0.1, 0.15) is 143 Å². The molecule has 0 spiro atoms. The molecule has 0 aromatic carbocycles. The Morgan fingerprint density at radius 2 is 1.33 bits per heavy atom. The van der Waals surface area contributed by atoms with Crippen molar-refractivity contribution in [1.82, 2.24) is 9.80 Å². The van der Waals surface area contributed by atoms with Crippen molar-refractivity contribution in [3.8, 4) is 0 Å². The van der Waals surface area contributed by atoms with Crippen molar-refractivity contribution >= 4 is 12.0 Å². The Labute approximate surface area is 240 Å². The van der Waals surface area contributed by atoms with Gasteiger partial charge in [-0.25, -0.2) is 4.79 Å². The van der Waals surface area contributed by atoms with E-state index < -0.39 is 11.6 Å². The fourth-order valence-electron chi connectivity index (χ4n) is 5.72. The van der Waals surface area contributed by atoms with Gasteiger partial charge in [-0.1, -0.05) is 76.9 Å². The van der Waals surface area contributed by atoms with E-state index in [9.17, 15) is 9.59 Å². The Kier molecular flexibility index (Phi) is 16.8. The van der Waals surface area contributed by atoms with E-state index in [2.05, 4.69) is 19.1 Å². The Morgan fingerprint density at radius 3 is 1.97 bits per heavy atom. The van der Waals surface area contributed by atoms with E-state index in [4.69, 9.17) is 9.47 Å². The topological polar surface area (TPSA) is 59.1 Å². The van der Waals surface area contributed by atoms with Crippen LogP contribution < -0.4 is 0 Å². The summed E-state index contributed by atoms with van der Waals surface area (Å²) in [6, 6.07) is -0.260. The first-order valence-corrected chi connectivity index (χ1v) is 16.4. The lowest BCUT2D eigenvalue weighted by Crippen LogP contribution is -2.51. The first kappa shape index (κ1) is 33.6. The minimum Gasteiger partial charge on any atom is -0.444 e. The van der Waals surface area contributed by atoms with E-state index in [1.807, 2.05) is 25.7 Å². The molecule has 6 nitrogen and oxygen atoms in total. The van der Waals surface area contributed by atoms with Crippen LogP contribution in [0.2, 0.25) is 0 Å². The second-order valence-corrected chi connectivity index (χ2v) is 12.7. The Balaban J connectivity index is 1.49. The Bertz CT molecular complexity index is 702. The average molecular weight is 549 g/mol. The normalized spacial score (nSPS) is 19.9. The summed E-state index contributed by atoms with van der Waals surface area (Å²) < 4.78 is 11.6. The predicted molar refractivity (Wildman–Crippen MR) is 161 cm³/mol. The molecule has 0 aromatic rings. The summed E-state index contributed by atoms with van der Waals surface area (Å²) in [6.45, 7) is 10.6. The highest BCUT2D eigenvalue weighted by atomic mass is 16.6. The fourth-order valence-corrected chi connectivity index (χ4v) is 5.72. The Morgan fingerprint density at radius 1 is 0.769 bits per heavy atom. The van der Waals surface area contributed by atoms with Crippen LogP contribution >= 0.6 is 0 Å². The van der Waals surface area contributed by atoms with Gasteiger partial charge in [0.1, 0.15) is 11.6 Å². The smallest absolute Gasteiger partial charge is 0.410 e. The maximum atomic E-state index is 13.3. The van der Waals surface area contributed by atoms with Crippen LogP contribution in [0.25, 0.3) is 0 Å². The van der Waals surface area contributed by atoms with E-state index in [0.29, 0.717) is 13.2 Å². The maximum Gasteiger partial charge on any atom is 0.410 e. The molecule has 2 amide bonds. The largest absolute Gasteiger partial charge is 0.444 e. The Hall–Kier alpha value is -1.56. The minimum absolute atomic E-state index is 0.0710. The van der Waals surface area contributed by atoms with Crippen molar-refractivity contribution in [2.75, 3.05) is 26.3 Å². The monoisotopic (exact) mass is 548 g/mol. The molecule has 2 aliphatic rings. The molecule has 0 N–H and O–H groups in total. The van der Waals surface area contributed by atoms with Gasteiger partial charge in [-0.15, -0.1) is 0 Å². The van der Waals surface area contributed by atoms with Gasteiger partial charge in [0.05, 0.1) is 12.6 Å². The number of amides is 2. The number of likely N-dealkylation sites (tertiary alicyclic amines) is 2. The molecule has 0 unspecified atom stereocenters. The molecule has 2 fully saturated rings. The number of hydrogen-bond donors (Lipinski definition) is 0. The van der Waals surface area contributed by atoms with Crippen LogP contribution in [0.15, 0.2) is 12.2 Å². The first-order chi connectivity index (χ1) is 18.8. The van der Waals surface area contributed by atoms with Crippen LogP contribution in [-0.4, -0.2) is 65.8 Å². The molecular formula is C33H60N2O4. The van der Waals surface area contributed by atoms with Crippen molar-refractivity contribution < 1.29 is 19.1 Å². The van der Waals surface area contributed by atoms with Gasteiger partial charge in [0.2, 0.25) is 5.91 Å². The van der Waals surface area contributed by atoms with Crippen molar-refractivity contribution in [2.24, 2.45) is 0 Å². The summed E-state index contributed by atoms with van der Waals surface area (Å²) in [6.07, 6.45) is 26.3. The zero-order valence-corrected chi connectivity index (χ0v) is 25.9. The summed E-state index contributed by atoms with van der Waals surface area (Å²) in [7, 11) is 0. The molecule has 2 saturated heterocycles. The lowest BCUT2D eigenvalue weighted by Gasteiger charge is -2.32. The number of ether oxygens (including phenoxy) is 2. The molecular weight excluding hydrogens is 488 g/mol. The first-order valence-electron chi connectivity index (χ1n) is 16.4. The number of unbranched alkanes of at least 4 members (excludes halogenated alkanes) is 12. The standard InChI is InChI=1S/C33H60N2O4/c1-5-6-7-8-9-10-11-12-13-14-15-16-17-18-19-20-27-38-28-29-23-21-25-34(29)31(36)30-24-22-26-35(30)32(37)39-33(2,3)4/h12-13,29-30H,5-11,14-28H2,1-4H3/b13-12-/t29-,30-/m0/s1. The predicted octanol–water partition coefficient (Wildman–Crippen LogP) is 8.43. The molecule has 0 bridgehead atoms. The number of hydrogen-bond acceptors (Lipinski definition) is 4. The van der Waals surface area contributed by atoms with E-state index in [-0.39, 0.29) is 18.0 Å². The zero-order valence-electron chi connectivity index (χ0n) is 25.9. The van der Waals surface area contributed by atoms with Crippen molar-refractivity contribution in [2.45, 2.75) is 161 Å². The van der Waals surface area contributed by atoms with Gasteiger partial charge in [0, 0.05) is 19.7 Å². The number of carbonyl (C=O) groups is 2. The lowest BCUT2D eigenvalue weighted by molar-refractivity contribution is -0.137. The minimum atomic E-state index is -0.554. The fraction of sp³-hybridized carbons (Fsp3) is 0.879. The van der Waals surface area contributed by atoms with Crippen LogP contribution in [0.3, 0.4) is 0 Å². The molecule has 226 valence electrons. The number of allylic oxidation sites excluding steroid dienone is 2. The van der Waals surface area contributed by atoms with Gasteiger partial charge in [0.15, 0.2) is 0 Å². The summed E-state index contributed by atoms with van der Waals surface area (Å²) >= 11 is 0. The molecule has 6 heteroatoms.